The summed E-state index contributed by atoms with van der Waals surface area (Å²) in [5, 5.41) is 8.93. The Bertz CT molecular complexity index is 617. The monoisotopic (exact) mass is 275 g/mol. The molecule has 0 fully saturated rings. The lowest BCUT2D eigenvalue weighted by molar-refractivity contribution is -0.137. The number of aromatic nitrogens is 1. The topological polar surface area (TPSA) is 42.2 Å². The third kappa shape index (κ3) is 3.01. The predicted octanol–water partition coefficient (Wildman–Crippen LogP) is 3.07. The lowest BCUT2D eigenvalue weighted by atomic mass is 10.1. The van der Waals surface area contributed by atoms with Gasteiger partial charge in [0.05, 0.1) is 0 Å². The van der Waals surface area contributed by atoms with Crippen molar-refractivity contribution in [2.45, 2.75) is 31.7 Å². The molecule has 2 aromatic rings. The van der Waals surface area contributed by atoms with Gasteiger partial charge in [0, 0.05) is 22.7 Å². The number of aryl methyl sites for hydroxylation is 1. The van der Waals surface area contributed by atoms with Gasteiger partial charge in [0.1, 0.15) is 6.54 Å². The Balaban J connectivity index is 2.32. The highest BCUT2D eigenvalue weighted by atomic mass is 32.1. The molecule has 0 aliphatic rings. The van der Waals surface area contributed by atoms with Crippen molar-refractivity contribution in [1.29, 1.82) is 0 Å². The van der Waals surface area contributed by atoms with E-state index < -0.39 is 5.97 Å². The first kappa shape index (κ1) is 13.7. The fourth-order valence-corrected chi connectivity index (χ4v) is 2.54. The van der Waals surface area contributed by atoms with Crippen LogP contribution in [0.1, 0.15) is 22.5 Å². The Hall–Kier alpha value is -1.68. The van der Waals surface area contributed by atoms with Crippen molar-refractivity contribution in [2.75, 3.05) is 0 Å². The van der Waals surface area contributed by atoms with Gasteiger partial charge in [-0.15, -0.1) is 12.6 Å². The van der Waals surface area contributed by atoms with E-state index in [4.69, 9.17) is 5.11 Å². The summed E-state index contributed by atoms with van der Waals surface area (Å²) in [5.74, 6) is -0.817. The van der Waals surface area contributed by atoms with E-state index in [2.05, 4.69) is 18.7 Å². The lowest BCUT2D eigenvalue weighted by Crippen LogP contribution is -2.11. The molecule has 3 nitrogen and oxygen atoms in total. The predicted molar refractivity (Wildman–Crippen MR) is 78.0 cm³/mol. The highest BCUT2D eigenvalue weighted by molar-refractivity contribution is 7.80. The van der Waals surface area contributed by atoms with E-state index in [1.807, 2.05) is 42.7 Å². The summed E-state index contributed by atoms with van der Waals surface area (Å²) >= 11 is 4.45. The van der Waals surface area contributed by atoms with Crippen molar-refractivity contribution in [1.82, 2.24) is 4.57 Å². The average Bonchev–Trinajstić information content (AvgIpc) is 2.60. The number of hydrogen-bond acceptors (Lipinski definition) is 2. The summed E-state index contributed by atoms with van der Waals surface area (Å²) in [5.41, 5.74) is 4.30. The first-order chi connectivity index (χ1) is 8.99. The van der Waals surface area contributed by atoms with E-state index in [0.717, 1.165) is 33.8 Å². The maximum absolute atomic E-state index is 10.9. The number of carbonyl (C=O) groups is 1. The summed E-state index contributed by atoms with van der Waals surface area (Å²) < 4.78 is 1.83. The first-order valence-electron chi connectivity index (χ1n) is 6.13. The van der Waals surface area contributed by atoms with E-state index in [1.54, 1.807) is 0 Å². The van der Waals surface area contributed by atoms with Gasteiger partial charge in [0.2, 0.25) is 0 Å². The number of aliphatic carboxylic acids is 1. The number of carboxylic acids is 1. The van der Waals surface area contributed by atoms with Gasteiger partial charge >= 0.3 is 5.97 Å². The fourth-order valence-electron chi connectivity index (χ4n) is 2.30. The van der Waals surface area contributed by atoms with Gasteiger partial charge in [0.15, 0.2) is 0 Å². The second kappa shape index (κ2) is 5.53. The van der Waals surface area contributed by atoms with Crippen molar-refractivity contribution < 1.29 is 9.90 Å². The number of nitrogens with zero attached hydrogens (tertiary/aromatic N) is 1. The van der Waals surface area contributed by atoms with Crippen molar-refractivity contribution in [3.05, 3.63) is 52.8 Å². The standard InChI is InChI=1S/C15H17NO2S/c1-10-7-13(11(2)16(10)9-15(17)18)8-12-5-3-4-6-14(12)19/h3-7,19H,8-9H2,1-2H3,(H,17,18). The summed E-state index contributed by atoms with van der Waals surface area (Å²) in [4.78, 5) is 11.8. The molecular formula is C15H17NO2S. The summed E-state index contributed by atoms with van der Waals surface area (Å²) in [7, 11) is 0. The van der Waals surface area contributed by atoms with Crippen molar-refractivity contribution in [3.8, 4) is 0 Å². The Labute approximate surface area is 118 Å². The molecule has 0 radical (unpaired) electrons. The molecule has 0 aliphatic heterocycles. The molecule has 0 atom stereocenters. The van der Waals surface area contributed by atoms with Gasteiger partial charge in [-0.1, -0.05) is 18.2 Å². The molecule has 1 aromatic heterocycles. The Morgan fingerprint density at radius 2 is 1.95 bits per heavy atom. The molecule has 0 saturated heterocycles. The van der Waals surface area contributed by atoms with Crippen molar-refractivity contribution in [3.63, 3.8) is 0 Å². The van der Waals surface area contributed by atoms with Crippen molar-refractivity contribution in [2.24, 2.45) is 0 Å². The van der Waals surface area contributed by atoms with Gasteiger partial charge in [0.25, 0.3) is 0 Å². The smallest absolute Gasteiger partial charge is 0.323 e. The molecule has 0 aliphatic carbocycles. The minimum absolute atomic E-state index is 0.0141. The minimum atomic E-state index is -0.817. The summed E-state index contributed by atoms with van der Waals surface area (Å²) in [6.07, 6.45) is 0.777. The molecule has 0 bridgehead atoms. The van der Waals surface area contributed by atoms with E-state index in [9.17, 15) is 4.79 Å². The highest BCUT2D eigenvalue weighted by Gasteiger charge is 2.12. The van der Waals surface area contributed by atoms with Crippen LogP contribution in [0, 0.1) is 13.8 Å². The second-order valence-electron chi connectivity index (χ2n) is 4.68. The molecular weight excluding hydrogens is 258 g/mol. The fraction of sp³-hybridized carbons (Fsp3) is 0.267. The van der Waals surface area contributed by atoms with E-state index in [1.165, 1.54) is 0 Å². The van der Waals surface area contributed by atoms with E-state index >= 15 is 0 Å². The number of benzene rings is 1. The van der Waals surface area contributed by atoms with Gasteiger partial charge < -0.3 is 9.67 Å². The zero-order valence-electron chi connectivity index (χ0n) is 11.1. The van der Waals surface area contributed by atoms with Crippen LogP contribution in [0.25, 0.3) is 0 Å². The molecule has 100 valence electrons. The molecule has 0 spiro atoms. The lowest BCUT2D eigenvalue weighted by Gasteiger charge is -2.07. The third-order valence-electron chi connectivity index (χ3n) is 3.34. The number of rotatable bonds is 4. The second-order valence-corrected chi connectivity index (χ2v) is 5.16. The van der Waals surface area contributed by atoms with Crippen LogP contribution >= 0.6 is 12.6 Å². The largest absolute Gasteiger partial charge is 0.480 e. The van der Waals surface area contributed by atoms with Crippen LogP contribution in [0.3, 0.4) is 0 Å². The van der Waals surface area contributed by atoms with Gasteiger partial charge in [-0.3, -0.25) is 4.79 Å². The van der Waals surface area contributed by atoms with E-state index in [0.29, 0.717) is 0 Å². The quantitative estimate of drug-likeness (QED) is 0.842. The Morgan fingerprint density at radius 1 is 1.26 bits per heavy atom. The minimum Gasteiger partial charge on any atom is -0.480 e. The Morgan fingerprint density at radius 3 is 2.58 bits per heavy atom. The van der Waals surface area contributed by atoms with E-state index in [-0.39, 0.29) is 6.54 Å². The molecule has 1 N–H and O–H groups in total. The van der Waals surface area contributed by atoms with Crippen molar-refractivity contribution >= 4 is 18.6 Å². The zero-order valence-corrected chi connectivity index (χ0v) is 11.9. The molecule has 1 heterocycles. The molecule has 19 heavy (non-hydrogen) atoms. The van der Waals surface area contributed by atoms with Gasteiger partial charge in [-0.25, -0.2) is 0 Å². The molecule has 0 saturated carbocycles. The van der Waals surface area contributed by atoms with Gasteiger partial charge in [-0.05, 0) is 37.1 Å². The summed E-state index contributed by atoms with van der Waals surface area (Å²) in [6.45, 7) is 3.92. The third-order valence-corrected chi connectivity index (χ3v) is 3.78. The number of hydrogen-bond donors (Lipinski definition) is 2. The number of carboxylic acid groups (broad SMARTS) is 1. The van der Waals surface area contributed by atoms with Gasteiger partial charge in [-0.2, -0.15) is 0 Å². The van der Waals surface area contributed by atoms with Crippen LogP contribution in [0.5, 0.6) is 0 Å². The molecule has 2 rings (SSSR count). The molecule has 0 amide bonds. The van der Waals surface area contributed by atoms with Crippen LogP contribution < -0.4 is 0 Å². The molecule has 0 unspecified atom stereocenters. The zero-order chi connectivity index (χ0) is 14.0. The Kier molecular flexibility index (Phi) is 4.00. The maximum Gasteiger partial charge on any atom is 0.323 e. The van der Waals surface area contributed by atoms with Crippen LogP contribution in [-0.4, -0.2) is 15.6 Å². The van der Waals surface area contributed by atoms with Crippen LogP contribution in [-0.2, 0) is 17.8 Å². The van der Waals surface area contributed by atoms with Crippen LogP contribution in [0.2, 0.25) is 0 Å². The SMILES string of the molecule is Cc1cc(Cc2ccccc2S)c(C)n1CC(=O)O. The number of thiol groups is 1. The molecule has 1 aromatic carbocycles. The normalized spacial score (nSPS) is 10.7. The first-order valence-corrected chi connectivity index (χ1v) is 6.58. The maximum atomic E-state index is 10.9. The van der Waals surface area contributed by atoms with Crippen LogP contribution in [0.15, 0.2) is 35.2 Å². The van der Waals surface area contributed by atoms with Crippen LogP contribution in [0.4, 0.5) is 0 Å². The average molecular weight is 275 g/mol. The summed E-state index contributed by atoms with van der Waals surface area (Å²) in [6, 6.07) is 10.0. The molecule has 4 heteroatoms. The highest BCUT2D eigenvalue weighted by Crippen LogP contribution is 2.22.